The SMILES string of the molecule is CCCC1CCC(=O)N(CC(=O)c2ccccc2C)CC1. The smallest absolute Gasteiger partial charge is 0.222 e. The molecule has 0 saturated carbocycles. The molecule has 1 aromatic rings. The fourth-order valence-electron chi connectivity index (χ4n) is 3.10. The second kappa shape index (κ2) is 7.39. The molecule has 0 aromatic heterocycles. The van der Waals surface area contributed by atoms with E-state index in [0.717, 1.165) is 30.5 Å². The van der Waals surface area contributed by atoms with Crippen molar-refractivity contribution in [3.8, 4) is 0 Å². The van der Waals surface area contributed by atoms with Crippen LogP contribution in [0.5, 0.6) is 0 Å². The average Bonchev–Trinajstić information content (AvgIpc) is 2.64. The first-order chi connectivity index (χ1) is 10.1. The first kappa shape index (κ1) is 15.7. The number of ketones is 1. The number of Topliss-reactive ketones (excluding diaryl/α,β-unsaturated/α-hetero) is 1. The minimum absolute atomic E-state index is 0.0513. The molecule has 1 aliphatic heterocycles. The van der Waals surface area contributed by atoms with E-state index in [2.05, 4.69) is 6.92 Å². The average molecular weight is 287 g/mol. The Balaban J connectivity index is 2.00. The highest BCUT2D eigenvalue weighted by Gasteiger charge is 2.24. The van der Waals surface area contributed by atoms with E-state index in [-0.39, 0.29) is 18.2 Å². The summed E-state index contributed by atoms with van der Waals surface area (Å²) in [6.45, 7) is 5.07. The molecule has 1 heterocycles. The second-order valence-corrected chi connectivity index (χ2v) is 6.04. The van der Waals surface area contributed by atoms with Crippen molar-refractivity contribution in [2.45, 2.75) is 46.0 Å². The predicted molar refractivity (Wildman–Crippen MR) is 84.3 cm³/mol. The summed E-state index contributed by atoms with van der Waals surface area (Å²) in [7, 11) is 0. The first-order valence-electron chi connectivity index (χ1n) is 7.98. The van der Waals surface area contributed by atoms with Gasteiger partial charge in [0.1, 0.15) is 0 Å². The molecular weight excluding hydrogens is 262 g/mol. The largest absolute Gasteiger partial charge is 0.335 e. The van der Waals surface area contributed by atoms with Gasteiger partial charge in [0, 0.05) is 18.5 Å². The summed E-state index contributed by atoms with van der Waals surface area (Å²) in [5.41, 5.74) is 1.72. The number of hydrogen-bond acceptors (Lipinski definition) is 2. The number of hydrogen-bond donors (Lipinski definition) is 0. The third kappa shape index (κ3) is 4.16. The summed E-state index contributed by atoms with van der Waals surface area (Å²) < 4.78 is 0. The minimum Gasteiger partial charge on any atom is -0.335 e. The molecule has 2 rings (SSSR count). The fraction of sp³-hybridized carbons (Fsp3) is 0.556. The lowest BCUT2D eigenvalue weighted by Crippen LogP contribution is -2.35. The number of nitrogens with zero attached hydrogens (tertiary/aromatic N) is 1. The number of benzene rings is 1. The van der Waals surface area contributed by atoms with Gasteiger partial charge in [-0.15, -0.1) is 0 Å². The van der Waals surface area contributed by atoms with Gasteiger partial charge in [-0.25, -0.2) is 0 Å². The number of carbonyl (C=O) groups is 2. The minimum atomic E-state index is 0.0513. The van der Waals surface area contributed by atoms with Crippen LogP contribution in [0.2, 0.25) is 0 Å². The molecule has 1 saturated heterocycles. The van der Waals surface area contributed by atoms with E-state index in [1.54, 1.807) is 4.90 Å². The molecule has 1 unspecified atom stereocenters. The van der Waals surface area contributed by atoms with Crippen molar-refractivity contribution in [2.24, 2.45) is 5.92 Å². The number of carbonyl (C=O) groups excluding carboxylic acids is 2. The zero-order chi connectivity index (χ0) is 15.2. The molecule has 3 nitrogen and oxygen atoms in total. The second-order valence-electron chi connectivity index (χ2n) is 6.04. The van der Waals surface area contributed by atoms with E-state index in [0.29, 0.717) is 12.3 Å². The van der Waals surface area contributed by atoms with E-state index in [9.17, 15) is 9.59 Å². The quantitative estimate of drug-likeness (QED) is 0.776. The number of amides is 1. The topological polar surface area (TPSA) is 37.4 Å². The van der Waals surface area contributed by atoms with Crippen molar-refractivity contribution < 1.29 is 9.59 Å². The van der Waals surface area contributed by atoms with Crippen molar-refractivity contribution in [2.75, 3.05) is 13.1 Å². The van der Waals surface area contributed by atoms with Gasteiger partial charge in [-0.1, -0.05) is 44.0 Å². The first-order valence-corrected chi connectivity index (χ1v) is 7.98. The van der Waals surface area contributed by atoms with Crippen LogP contribution in [-0.4, -0.2) is 29.7 Å². The van der Waals surface area contributed by atoms with Crippen LogP contribution in [0.3, 0.4) is 0 Å². The lowest BCUT2D eigenvalue weighted by Gasteiger charge is -2.20. The van der Waals surface area contributed by atoms with Gasteiger partial charge in [-0.05, 0) is 31.2 Å². The van der Waals surface area contributed by atoms with Gasteiger partial charge in [-0.2, -0.15) is 0 Å². The molecule has 0 radical (unpaired) electrons. The Kier molecular flexibility index (Phi) is 5.54. The Morgan fingerprint density at radius 3 is 2.76 bits per heavy atom. The lowest BCUT2D eigenvalue weighted by atomic mass is 9.96. The standard InChI is InChI=1S/C18H25NO2/c1-3-6-15-9-10-18(21)19(12-11-15)13-17(20)16-8-5-4-7-14(16)2/h4-5,7-8,15H,3,6,9-13H2,1-2H3. The lowest BCUT2D eigenvalue weighted by molar-refractivity contribution is -0.130. The summed E-state index contributed by atoms with van der Waals surface area (Å²) in [5.74, 6) is 0.823. The highest BCUT2D eigenvalue weighted by atomic mass is 16.2. The van der Waals surface area contributed by atoms with Gasteiger partial charge in [0.15, 0.2) is 5.78 Å². The summed E-state index contributed by atoms with van der Waals surface area (Å²) in [4.78, 5) is 26.3. The summed E-state index contributed by atoms with van der Waals surface area (Å²) in [6.07, 6.45) is 4.95. The molecule has 21 heavy (non-hydrogen) atoms. The van der Waals surface area contributed by atoms with Crippen LogP contribution in [0.4, 0.5) is 0 Å². The Bertz CT molecular complexity index is 510. The van der Waals surface area contributed by atoms with E-state index in [1.165, 1.54) is 12.8 Å². The summed E-state index contributed by atoms with van der Waals surface area (Å²) in [6, 6.07) is 7.59. The predicted octanol–water partition coefficient (Wildman–Crippen LogP) is 3.61. The number of rotatable bonds is 5. The molecule has 1 amide bonds. The third-order valence-electron chi connectivity index (χ3n) is 4.40. The summed E-state index contributed by atoms with van der Waals surface area (Å²) >= 11 is 0. The molecule has 0 N–H and O–H groups in total. The molecule has 0 bridgehead atoms. The molecular formula is C18H25NO2. The number of aryl methyl sites for hydroxylation is 1. The van der Waals surface area contributed by atoms with E-state index in [1.807, 2.05) is 31.2 Å². The molecule has 114 valence electrons. The van der Waals surface area contributed by atoms with Crippen molar-refractivity contribution in [1.82, 2.24) is 4.90 Å². The third-order valence-corrected chi connectivity index (χ3v) is 4.40. The van der Waals surface area contributed by atoms with Crippen molar-refractivity contribution >= 4 is 11.7 Å². The molecule has 0 spiro atoms. The zero-order valence-corrected chi connectivity index (χ0v) is 13.1. The fourth-order valence-corrected chi connectivity index (χ4v) is 3.10. The Morgan fingerprint density at radius 1 is 1.29 bits per heavy atom. The van der Waals surface area contributed by atoms with E-state index >= 15 is 0 Å². The summed E-state index contributed by atoms with van der Waals surface area (Å²) in [5, 5.41) is 0. The highest BCUT2D eigenvalue weighted by Crippen LogP contribution is 2.23. The number of likely N-dealkylation sites (tertiary alicyclic amines) is 1. The molecule has 0 aliphatic carbocycles. The maximum atomic E-state index is 12.4. The van der Waals surface area contributed by atoms with Crippen LogP contribution < -0.4 is 0 Å². The van der Waals surface area contributed by atoms with Crippen LogP contribution in [0, 0.1) is 12.8 Å². The van der Waals surface area contributed by atoms with E-state index < -0.39 is 0 Å². The zero-order valence-electron chi connectivity index (χ0n) is 13.1. The van der Waals surface area contributed by atoms with Crippen LogP contribution in [0.15, 0.2) is 24.3 Å². The van der Waals surface area contributed by atoms with Crippen molar-refractivity contribution in [3.63, 3.8) is 0 Å². The maximum absolute atomic E-state index is 12.4. The normalized spacial score (nSPS) is 19.4. The van der Waals surface area contributed by atoms with Gasteiger partial charge < -0.3 is 4.90 Å². The van der Waals surface area contributed by atoms with Gasteiger partial charge >= 0.3 is 0 Å². The van der Waals surface area contributed by atoms with Crippen LogP contribution in [-0.2, 0) is 4.79 Å². The molecule has 1 fully saturated rings. The Hall–Kier alpha value is -1.64. The Labute approximate surface area is 127 Å². The molecule has 1 aliphatic rings. The van der Waals surface area contributed by atoms with Crippen LogP contribution in [0.25, 0.3) is 0 Å². The van der Waals surface area contributed by atoms with Gasteiger partial charge in [0.2, 0.25) is 5.91 Å². The van der Waals surface area contributed by atoms with Crippen molar-refractivity contribution in [3.05, 3.63) is 35.4 Å². The maximum Gasteiger partial charge on any atom is 0.222 e. The van der Waals surface area contributed by atoms with E-state index in [4.69, 9.17) is 0 Å². The van der Waals surface area contributed by atoms with Crippen LogP contribution in [0.1, 0.15) is 54.9 Å². The van der Waals surface area contributed by atoms with Gasteiger partial charge in [0.05, 0.1) is 6.54 Å². The molecule has 3 heteroatoms. The highest BCUT2D eigenvalue weighted by molar-refractivity contribution is 6.00. The van der Waals surface area contributed by atoms with Crippen molar-refractivity contribution in [1.29, 1.82) is 0 Å². The monoisotopic (exact) mass is 287 g/mol. The van der Waals surface area contributed by atoms with Gasteiger partial charge in [0.25, 0.3) is 0 Å². The van der Waals surface area contributed by atoms with Gasteiger partial charge in [-0.3, -0.25) is 9.59 Å². The molecule has 1 aromatic carbocycles. The van der Waals surface area contributed by atoms with Crippen LogP contribution >= 0.6 is 0 Å². The Morgan fingerprint density at radius 2 is 2.05 bits per heavy atom. The molecule has 1 atom stereocenters.